The van der Waals surface area contributed by atoms with Crippen molar-refractivity contribution in [3.05, 3.63) is 41.3 Å². The van der Waals surface area contributed by atoms with E-state index < -0.39 is 0 Å². The number of hydrogen-bond acceptors (Lipinski definition) is 3. The van der Waals surface area contributed by atoms with Gasteiger partial charge in [-0.2, -0.15) is 5.10 Å². The fourth-order valence-corrected chi connectivity index (χ4v) is 2.34. The fourth-order valence-electron chi connectivity index (χ4n) is 2.34. The lowest BCUT2D eigenvalue weighted by Gasteiger charge is -2.19. The summed E-state index contributed by atoms with van der Waals surface area (Å²) in [5.41, 5.74) is 1.21. The summed E-state index contributed by atoms with van der Waals surface area (Å²) in [7, 11) is 0. The number of phenolic OH excluding ortho intramolecular Hbond substituents is 1. The molecule has 0 amide bonds. The molecule has 1 heterocycles. The van der Waals surface area contributed by atoms with Gasteiger partial charge >= 0.3 is 0 Å². The molecule has 100 valence electrons. The number of aromatic nitrogens is 2. The molecular formula is C14H16FN3O. The molecule has 1 aliphatic rings. The van der Waals surface area contributed by atoms with Crippen molar-refractivity contribution in [2.75, 3.05) is 5.32 Å². The molecule has 1 saturated carbocycles. The van der Waals surface area contributed by atoms with E-state index in [0.29, 0.717) is 5.56 Å². The average molecular weight is 261 g/mol. The second-order valence-electron chi connectivity index (χ2n) is 5.00. The Labute approximate surface area is 110 Å². The first kappa shape index (κ1) is 12.0. The van der Waals surface area contributed by atoms with Gasteiger partial charge in [0.05, 0.1) is 11.2 Å². The smallest absolute Gasteiger partial charge is 0.123 e. The van der Waals surface area contributed by atoms with Crippen molar-refractivity contribution < 1.29 is 9.50 Å². The first-order valence-electron chi connectivity index (χ1n) is 6.44. The summed E-state index contributed by atoms with van der Waals surface area (Å²) in [5.74, 6) is 0.597. The zero-order valence-corrected chi connectivity index (χ0v) is 10.7. The third kappa shape index (κ3) is 2.16. The molecule has 4 nitrogen and oxygen atoms in total. The van der Waals surface area contributed by atoms with Gasteiger partial charge in [-0.05, 0) is 37.5 Å². The molecule has 0 bridgehead atoms. The minimum absolute atomic E-state index is 0.127. The van der Waals surface area contributed by atoms with Crippen LogP contribution in [0.15, 0.2) is 24.3 Å². The Hall–Kier alpha value is -2.04. The lowest BCUT2D eigenvalue weighted by atomic mass is 10.0. The number of aryl methyl sites for hydroxylation is 1. The van der Waals surface area contributed by atoms with Crippen LogP contribution < -0.4 is 5.32 Å². The van der Waals surface area contributed by atoms with Gasteiger partial charge in [0.2, 0.25) is 0 Å². The monoisotopic (exact) mass is 261 g/mol. The lowest BCUT2D eigenvalue weighted by Crippen LogP contribution is -2.19. The average Bonchev–Trinajstić information content (AvgIpc) is 3.03. The van der Waals surface area contributed by atoms with Crippen LogP contribution in [0.1, 0.15) is 31.0 Å². The molecule has 0 radical (unpaired) electrons. The highest BCUT2D eigenvalue weighted by Crippen LogP contribution is 2.51. The number of anilines is 1. The number of aromatic hydroxyl groups is 1. The zero-order chi connectivity index (χ0) is 13.5. The maximum absolute atomic E-state index is 13.3. The van der Waals surface area contributed by atoms with Crippen molar-refractivity contribution in [3.8, 4) is 5.75 Å². The van der Waals surface area contributed by atoms with Gasteiger partial charge in [-0.25, -0.2) is 4.39 Å². The van der Waals surface area contributed by atoms with Crippen molar-refractivity contribution in [1.82, 2.24) is 10.2 Å². The van der Waals surface area contributed by atoms with E-state index in [-0.39, 0.29) is 17.1 Å². The van der Waals surface area contributed by atoms with Crippen LogP contribution in [0, 0.1) is 5.82 Å². The van der Waals surface area contributed by atoms with Crippen molar-refractivity contribution in [2.45, 2.75) is 31.7 Å². The van der Waals surface area contributed by atoms with Crippen LogP contribution in [-0.4, -0.2) is 15.3 Å². The number of phenols is 1. The number of H-pyrrole nitrogens is 1. The van der Waals surface area contributed by atoms with Crippen LogP contribution in [0.2, 0.25) is 0 Å². The number of aromatic amines is 1. The Morgan fingerprint density at radius 1 is 1.42 bits per heavy atom. The Morgan fingerprint density at radius 2 is 2.21 bits per heavy atom. The summed E-state index contributed by atoms with van der Waals surface area (Å²) in [6.45, 7) is 2.03. The molecule has 1 aliphatic carbocycles. The van der Waals surface area contributed by atoms with E-state index in [1.54, 1.807) is 0 Å². The van der Waals surface area contributed by atoms with Gasteiger partial charge in [-0.15, -0.1) is 0 Å². The van der Waals surface area contributed by atoms with Gasteiger partial charge in [0.25, 0.3) is 0 Å². The van der Waals surface area contributed by atoms with Crippen LogP contribution in [0.25, 0.3) is 0 Å². The largest absolute Gasteiger partial charge is 0.508 e. The summed E-state index contributed by atoms with van der Waals surface area (Å²) in [4.78, 5) is 0. The number of nitrogens with zero attached hydrogens (tertiary/aromatic N) is 1. The number of nitrogens with one attached hydrogen (secondary N) is 2. The predicted octanol–water partition coefficient (Wildman–Crippen LogP) is 2.92. The number of rotatable bonds is 4. The first-order valence-corrected chi connectivity index (χ1v) is 6.44. The maximum atomic E-state index is 13.3. The van der Waals surface area contributed by atoms with Gasteiger partial charge in [-0.1, -0.05) is 6.92 Å². The third-order valence-corrected chi connectivity index (χ3v) is 3.59. The topological polar surface area (TPSA) is 60.9 Å². The Kier molecular flexibility index (Phi) is 2.69. The van der Waals surface area contributed by atoms with Gasteiger partial charge in [0.15, 0.2) is 0 Å². The molecule has 0 saturated heterocycles. The Balaban J connectivity index is 1.88. The van der Waals surface area contributed by atoms with Gasteiger partial charge < -0.3 is 10.4 Å². The first-order chi connectivity index (χ1) is 9.13. The number of benzene rings is 1. The van der Waals surface area contributed by atoms with Gasteiger partial charge in [-0.3, -0.25) is 5.10 Å². The normalized spacial score (nSPS) is 16.3. The van der Waals surface area contributed by atoms with Crippen LogP contribution in [0.4, 0.5) is 10.2 Å². The van der Waals surface area contributed by atoms with E-state index in [1.165, 1.54) is 18.2 Å². The summed E-state index contributed by atoms with van der Waals surface area (Å²) in [5, 5.41) is 20.3. The van der Waals surface area contributed by atoms with Gasteiger partial charge in [0, 0.05) is 11.6 Å². The molecule has 0 unspecified atom stereocenters. The van der Waals surface area contributed by atoms with E-state index in [0.717, 1.165) is 30.8 Å². The van der Waals surface area contributed by atoms with Crippen LogP contribution >= 0.6 is 0 Å². The summed E-state index contributed by atoms with van der Waals surface area (Å²) in [6, 6.07) is 6.00. The molecule has 0 atom stereocenters. The summed E-state index contributed by atoms with van der Waals surface area (Å²) in [6.07, 6.45) is 2.59. The van der Waals surface area contributed by atoms with Crippen LogP contribution in [-0.2, 0) is 12.0 Å². The quantitative estimate of drug-likeness (QED) is 0.793. The fraction of sp³-hybridized carbons (Fsp3) is 0.357. The molecule has 5 heteroatoms. The lowest BCUT2D eigenvalue weighted by molar-refractivity contribution is 0.459. The second kappa shape index (κ2) is 4.26. The molecule has 1 fully saturated rings. The second-order valence-corrected chi connectivity index (χ2v) is 5.00. The Bertz CT molecular complexity index is 604. The molecule has 2 aromatic rings. The standard InChI is InChI=1S/C14H16FN3O/c1-2-10-8-13(18-17-10)16-14(5-6-14)11-7-9(15)3-4-12(11)19/h3-4,7-8,19H,2,5-6H2,1H3,(H2,16,17,18). The molecule has 19 heavy (non-hydrogen) atoms. The highest BCUT2D eigenvalue weighted by molar-refractivity contribution is 5.50. The third-order valence-electron chi connectivity index (χ3n) is 3.59. The molecular weight excluding hydrogens is 245 g/mol. The van der Waals surface area contributed by atoms with Gasteiger partial charge in [0.1, 0.15) is 17.4 Å². The maximum Gasteiger partial charge on any atom is 0.123 e. The summed E-state index contributed by atoms with van der Waals surface area (Å²) < 4.78 is 13.3. The van der Waals surface area contributed by atoms with Crippen LogP contribution in [0.5, 0.6) is 5.75 Å². The summed E-state index contributed by atoms with van der Waals surface area (Å²) >= 11 is 0. The Morgan fingerprint density at radius 3 is 2.84 bits per heavy atom. The molecule has 3 rings (SSSR count). The van der Waals surface area contributed by atoms with Crippen molar-refractivity contribution >= 4 is 5.82 Å². The van der Waals surface area contributed by atoms with E-state index >= 15 is 0 Å². The highest BCUT2D eigenvalue weighted by atomic mass is 19.1. The number of halogens is 1. The van der Waals surface area contributed by atoms with E-state index in [9.17, 15) is 9.50 Å². The highest BCUT2D eigenvalue weighted by Gasteiger charge is 2.46. The molecule has 1 aromatic carbocycles. The van der Waals surface area contributed by atoms with E-state index in [2.05, 4.69) is 15.5 Å². The van der Waals surface area contributed by atoms with E-state index in [1.807, 2.05) is 13.0 Å². The van der Waals surface area contributed by atoms with Crippen molar-refractivity contribution in [2.24, 2.45) is 0 Å². The van der Waals surface area contributed by atoms with E-state index in [4.69, 9.17) is 0 Å². The number of hydrogen-bond donors (Lipinski definition) is 3. The molecule has 1 aromatic heterocycles. The molecule has 0 spiro atoms. The SMILES string of the molecule is CCc1cc(NC2(c3cc(F)ccc3O)CC2)[nH]n1. The predicted molar refractivity (Wildman–Crippen MR) is 70.6 cm³/mol. The van der Waals surface area contributed by atoms with Crippen molar-refractivity contribution in [1.29, 1.82) is 0 Å². The van der Waals surface area contributed by atoms with Crippen molar-refractivity contribution in [3.63, 3.8) is 0 Å². The zero-order valence-electron chi connectivity index (χ0n) is 10.7. The molecule has 3 N–H and O–H groups in total. The van der Waals surface area contributed by atoms with Crippen LogP contribution in [0.3, 0.4) is 0 Å². The minimum atomic E-state index is -0.371. The molecule has 0 aliphatic heterocycles. The minimum Gasteiger partial charge on any atom is -0.508 e.